The summed E-state index contributed by atoms with van der Waals surface area (Å²) in [4.78, 5) is 10.6. The highest BCUT2D eigenvalue weighted by Crippen LogP contribution is 2.26. The zero-order valence-corrected chi connectivity index (χ0v) is 6.90. The third-order valence-corrected chi connectivity index (χ3v) is 1.85. The van der Waals surface area contributed by atoms with Crippen LogP contribution >= 0.6 is 0 Å². The molecular weight excluding hydrogens is 126 g/mol. The Labute approximate surface area is 62.0 Å². The molecule has 0 bridgehead atoms. The van der Waals surface area contributed by atoms with E-state index in [1.54, 1.807) is 0 Å². The van der Waals surface area contributed by atoms with E-state index in [9.17, 15) is 4.79 Å². The van der Waals surface area contributed by atoms with Crippen molar-refractivity contribution in [3.8, 4) is 0 Å². The van der Waals surface area contributed by atoms with Crippen molar-refractivity contribution in [2.75, 3.05) is 0 Å². The quantitative estimate of drug-likeness (QED) is 0.577. The van der Waals surface area contributed by atoms with E-state index in [0.29, 0.717) is 12.3 Å². The number of hydrogen-bond donors (Lipinski definition) is 1. The normalized spacial score (nSPS) is 31.8. The van der Waals surface area contributed by atoms with E-state index >= 15 is 0 Å². The summed E-state index contributed by atoms with van der Waals surface area (Å²) in [7, 11) is 0. The molecule has 0 aromatic carbocycles. The van der Waals surface area contributed by atoms with E-state index in [0.717, 1.165) is 6.42 Å². The summed E-state index contributed by atoms with van der Waals surface area (Å²) in [5.74, 6) is 0.869. The molecule has 0 spiro atoms. The highest BCUT2D eigenvalue weighted by atomic mass is 16.2. The van der Waals surface area contributed by atoms with Crippen molar-refractivity contribution >= 4 is 5.91 Å². The van der Waals surface area contributed by atoms with Gasteiger partial charge in [-0.15, -0.1) is 0 Å². The van der Waals surface area contributed by atoms with Crippen LogP contribution in [0.2, 0.25) is 0 Å². The Bertz CT molecular complexity index is 143. The fourth-order valence-corrected chi connectivity index (χ4v) is 1.70. The molecule has 1 unspecified atom stereocenters. The van der Waals surface area contributed by atoms with E-state index in [1.807, 2.05) is 0 Å². The summed E-state index contributed by atoms with van der Waals surface area (Å²) >= 11 is 0. The SMILES string of the molecule is CC(C)CC1(C)CC(=O)N1. The van der Waals surface area contributed by atoms with Crippen LogP contribution in [0.3, 0.4) is 0 Å². The Morgan fingerprint density at radius 3 is 2.50 bits per heavy atom. The van der Waals surface area contributed by atoms with Crippen LogP contribution in [0, 0.1) is 5.92 Å². The minimum atomic E-state index is 0.116. The molecule has 1 aliphatic heterocycles. The summed E-state index contributed by atoms with van der Waals surface area (Å²) in [5.41, 5.74) is 0.116. The fraction of sp³-hybridized carbons (Fsp3) is 0.875. The molecule has 1 atom stereocenters. The minimum Gasteiger partial charge on any atom is -0.350 e. The molecule has 1 saturated heterocycles. The number of nitrogens with one attached hydrogen (secondary N) is 1. The Hall–Kier alpha value is -0.530. The standard InChI is InChI=1S/C8H15NO/c1-6(2)4-8(3)5-7(10)9-8/h6H,4-5H2,1-3H3,(H,9,10). The first-order valence-corrected chi connectivity index (χ1v) is 3.83. The zero-order valence-electron chi connectivity index (χ0n) is 6.90. The summed E-state index contributed by atoms with van der Waals surface area (Å²) in [6.07, 6.45) is 1.81. The maximum atomic E-state index is 10.6. The molecule has 1 amide bonds. The van der Waals surface area contributed by atoms with Crippen LogP contribution in [0.4, 0.5) is 0 Å². The Kier molecular flexibility index (Phi) is 1.71. The third-order valence-electron chi connectivity index (χ3n) is 1.85. The van der Waals surface area contributed by atoms with Gasteiger partial charge in [0.15, 0.2) is 0 Å². The number of carbonyl (C=O) groups excluding carboxylic acids is 1. The predicted molar refractivity (Wildman–Crippen MR) is 40.6 cm³/mol. The third kappa shape index (κ3) is 1.49. The predicted octanol–water partition coefficient (Wildman–Crippen LogP) is 1.31. The molecule has 58 valence electrons. The summed E-state index contributed by atoms with van der Waals surface area (Å²) in [6.45, 7) is 6.46. The Morgan fingerprint density at radius 1 is 1.70 bits per heavy atom. The smallest absolute Gasteiger partial charge is 0.222 e. The van der Waals surface area contributed by atoms with E-state index in [1.165, 1.54) is 0 Å². The molecule has 2 nitrogen and oxygen atoms in total. The van der Waals surface area contributed by atoms with Gasteiger partial charge in [-0.05, 0) is 19.3 Å². The molecule has 0 aromatic heterocycles. The van der Waals surface area contributed by atoms with Crippen LogP contribution < -0.4 is 5.32 Å². The summed E-state index contributed by atoms with van der Waals surface area (Å²) in [6, 6.07) is 0. The van der Waals surface area contributed by atoms with E-state index < -0.39 is 0 Å². The lowest BCUT2D eigenvalue weighted by molar-refractivity contribution is -0.132. The van der Waals surface area contributed by atoms with Gasteiger partial charge >= 0.3 is 0 Å². The number of amides is 1. The first kappa shape index (κ1) is 7.58. The van der Waals surface area contributed by atoms with E-state index in [2.05, 4.69) is 26.1 Å². The number of carbonyl (C=O) groups is 1. The maximum Gasteiger partial charge on any atom is 0.222 e. The molecule has 1 fully saturated rings. The van der Waals surface area contributed by atoms with Crippen molar-refractivity contribution in [3.05, 3.63) is 0 Å². The molecule has 2 heteroatoms. The second-order valence-electron chi connectivity index (χ2n) is 3.88. The minimum absolute atomic E-state index is 0.116. The van der Waals surface area contributed by atoms with Gasteiger partial charge < -0.3 is 5.32 Å². The lowest BCUT2D eigenvalue weighted by atomic mass is 9.82. The van der Waals surface area contributed by atoms with Gasteiger partial charge in [0.1, 0.15) is 0 Å². The van der Waals surface area contributed by atoms with Crippen LogP contribution in [0.5, 0.6) is 0 Å². The molecule has 0 aromatic rings. The monoisotopic (exact) mass is 141 g/mol. The summed E-state index contributed by atoms with van der Waals surface area (Å²) < 4.78 is 0. The first-order valence-electron chi connectivity index (χ1n) is 3.83. The van der Waals surface area contributed by atoms with Crippen LogP contribution in [0.15, 0.2) is 0 Å². The van der Waals surface area contributed by atoms with Crippen molar-refractivity contribution in [2.45, 2.75) is 39.2 Å². The fourth-order valence-electron chi connectivity index (χ4n) is 1.70. The van der Waals surface area contributed by atoms with Gasteiger partial charge in [-0.3, -0.25) is 4.79 Å². The topological polar surface area (TPSA) is 29.1 Å². The highest BCUT2D eigenvalue weighted by Gasteiger charge is 2.38. The lowest BCUT2D eigenvalue weighted by Gasteiger charge is -2.40. The van der Waals surface area contributed by atoms with Crippen molar-refractivity contribution in [3.63, 3.8) is 0 Å². The second kappa shape index (κ2) is 2.26. The van der Waals surface area contributed by atoms with Gasteiger partial charge in [0.2, 0.25) is 5.91 Å². The molecule has 0 radical (unpaired) electrons. The van der Waals surface area contributed by atoms with Crippen molar-refractivity contribution in [1.82, 2.24) is 5.32 Å². The average Bonchev–Trinajstić information content (AvgIpc) is 1.57. The molecule has 1 heterocycles. The van der Waals surface area contributed by atoms with Crippen molar-refractivity contribution in [2.24, 2.45) is 5.92 Å². The Balaban J connectivity index is 2.34. The van der Waals surface area contributed by atoms with E-state index in [4.69, 9.17) is 0 Å². The Morgan fingerprint density at radius 2 is 2.20 bits per heavy atom. The molecule has 1 aliphatic rings. The molecule has 10 heavy (non-hydrogen) atoms. The largest absolute Gasteiger partial charge is 0.350 e. The van der Waals surface area contributed by atoms with Gasteiger partial charge in [0.05, 0.1) is 0 Å². The van der Waals surface area contributed by atoms with Gasteiger partial charge in [-0.25, -0.2) is 0 Å². The second-order valence-corrected chi connectivity index (χ2v) is 3.88. The van der Waals surface area contributed by atoms with Gasteiger partial charge in [-0.2, -0.15) is 0 Å². The highest BCUT2D eigenvalue weighted by molar-refractivity contribution is 5.84. The molecule has 1 N–H and O–H groups in total. The maximum absolute atomic E-state index is 10.6. The van der Waals surface area contributed by atoms with Crippen molar-refractivity contribution < 1.29 is 4.79 Å². The number of hydrogen-bond acceptors (Lipinski definition) is 1. The first-order chi connectivity index (χ1) is 4.52. The van der Waals surface area contributed by atoms with Crippen LogP contribution in [0.25, 0.3) is 0 Å². The molecular formula is C8H15NO. The molecule has 0 saturated carbocycles. The van der Waals surface area contributed by atoms with Crippen molar-refractivity contribution in [1.29, 1.82) is 0 Å². The molecule has 1 rings (SSSR count). The van der Waals surface area contributed by atoms with Gasteiger partial charge in [0.25, 0.3) is 0 Å². The zero-order chi connectivity index (χ0) is 7.78. The number of rotatable bonds is 2. The number of β-lactam (4-membered cyclic amide) rings is 1. The summed E-state index contributed by atoms with van der Waals surface area (Å²) in [5, 5.41) is 2.91. The van der Waals surface area contributed by atoms with Crippen LogP contribution in [-0.2, 0) is 4.79 Å². The van der Waals surface area contributed by atoms with Crippen LogP contribution in [-0.4, -0.2) is 11.4 Å². The van der Waals surface area contributed by atoms with E-state index in [-0.39, 0.29) is 11.4 Å². The average molecular weight is 141 g/mol. The van der Waals surface area contributed by atoms with Crippen LogP contribution in [0.1, 0.15) is 33.6 Å². The molecule has 0 aliphatic carbocycles. The van der Waals surface area contributed by atoms with Gasteiger partial charge in [-0.1, -0.05) is 13.8 Å². The lowest BCUT2D eigenvalue weighted by Crippen LogP contribution is -2.59. The van der Waals surface area contributed by atoms with Gasteiger partial charge in [0, 0.05) is 12.0 Å².